The lowest BCUT2D eigenvalue weighted by Gasteiger charge is -2.11. The molecule has 1 amide bonds. The summed E-state index contributed by atoms with van der Waals surface area (Å²) >= 11 is 0. The van der Waals surface area contributed by atoms with Crippen LogP contribution < -0.4 is 16.6 Å². The fraction of sp³-hybridized carbons (Fsp3) is 0.0769. The number of nitrogens with one attached hydrogen (secondary N) is 2. The van der Waals surface area contributed by atoms with Crippen molar-refractivity contribution in [2.75, 3.05) is 10.7 Å². The average molecular weight is 260 g/mol. The second-order valence-electron chi connectivity index (χ2n) is 3.93. The second kappa shape index (κ2) is 5.45. The number of amides is 1. The summed E-state index contributed by atoms with van der Waals surface area (Å²) in [6.07, 6.45) is 2.92. The van der Waals surface area contributed by atoms with E-state index in [2.05, 4.69) is 15.7 Å². The number of rotatable bonds is 3. The third-order valence-corrected chi connectivity index (χ3v) is 2.74. The Bertz CT molecular complexity index is 615. The van der Waals surface area contributed by atoms with Crippen molar-refractivity contribution in [3.63, 3.8) is 0 Å². The molecule has 1 aromatic heterocycles. The van der Waals surface area contributed by atoms with Crippen molar-refractivity contribution >= 4 is 17.3 Å². The van der Waals surface area contributed by atoms with Crippen LogP contribution in [0.2, 0.25) is 0 Å². The molecule has 0 saturated carbocycles. The maximum atomic E-state index is 13.4. The molecule has 0 fully saturated rings. The van der Waals surface area contributed by atoms with Crippen molar-refractivity contribution < 1.29 is 9.18 Å². The molecule has 0 aliphatic rings. The van der Waals surface area contributed by atoms with Gasteiger partial charge in [-0.1, -0.05) is 6.07 Å². The number of benzene rings is 1. The van der Waals surface area contributed by atoms with Crippen molar-refractivity contribution in [3.8, 4) is 0 Å². The second-order valence-corrected chi connectivity index (χ2v) is 3.93. The van der Waals surface area contributed by atoms with E-state index < -0.39 is 0 Å². The van der Waals surface area contributed by atoms with Gasteiger partial charge in [0.05, 0.1) is 17.4 Å². The lowest BCUT2D eigenvalue weighted by atomic mass is 10.1. The number of hydrogen-bond donors (Lipinski definition) is 3. The number of nitrogens with zero attached hydrogens (tertiary/aromatic N) is 1. The molecule has 6 heteroatoms. The number of nitrogen functional groups attached to an aromatic ring is 1. The van der Waals surface area contributed by atoms with Crippen molar-refractivity contribution in [3.05, 3.63) is 53.6 Å². The Morgan fingerprint density at radius 2 is 2.11 bits per heavy atom. The van der Waals surface area contributed by atoms with Gasteiger partial charge in [0, 0.05) is 17.4 Å². The molecule has 19 heavy (non-hydrogen) atoms. The smallest absolute Gasteiger partial charge is 0.257 e. The molecule has 0 aliphatic carbocycles. The summed E-state index contributed by atoms with van der Waals surface area (Å²) in [5.74, 6) is 4.55. The number of nitrogens with two attached hydrogens (primary N) is 1. The number of hydrazine groups is 1. The summed E-state index contributed by atoms with van der Waals surface area (Å²) in [6.45, 7) is 1.60. The highest BCUT2D eigenvalue weighted by molar-refractivity contribution is 6.08. The van der Waals surface area contributed by atoms with Gasteiger partial charge in [-0.25, -0.2) is 4.39 Å². The molecule has 0 unspecified atom stereocenters. The highest BCUT2D eigenvalue weighted by Gasteiger charge is 2.12. The molecule has 98 valence electrons. The highest BCUT2D eigenvalue weighted by Crippen LogP contribution is 2.20. The average Bonchev–Trinajstić information content (AvgIpc) is 2.43. The van der Waals surface area contributed by atoms with Gasteiger partial charge in [-0.15, -0.1) is 0 Å². The topological polar surface area (TPSA) is 80.0 Å². The van der Waals surface area contributed by atoms with E-state index in [1.54, 1.807) is 13.0 Å². The maximum Gasteiger partial charge on any atom is 0.257 e. The Morgan fingerprint density at radius 3 is 2.84 bits per heavy atom. The third kappa shape index (κ3) is 2.69. The molecule has 0 saturated heterocycles. The molecule has 1 heterocycles. The first kappa shape index (κ1) is 13.0. The fourth-order valence-corrected chi connectivity index (χ4v) is 1.64. The first-order chi connectivity index (χ1) is 9.13. The van der Waals surface area contributed by atoms with Gasteiger partial charge in [-0.2, -0.15) is 0 Å². The van der Waals surface area contributed by atoms with E-state index in [0.717, 1.165) is 0 Å². The van der Waals surface area contributed by atoms with Crippen LogP contribution in [0, 0.1) is 12.7 Å². The van der Waals surface area contributed by atoms with E-state index in [1.165, 1.54) is 30.6 Å². The van der Waals surface area contributed by atoms with Gasteiger partial charge in [0.1, 0.15) is 5.82 Å². The van der Waals surface area contributed by atoms with Crippen molar-refractivity contribution in [2.45, 2.75) is 6.92 Å². The summed E-state index contributed by atoms with van der Waals surface area (Å²) in [5.41, 5.74) is 3.93. The molecule has 0 atom stereocenters. The maximum absolute atomic E-state index is 13.4. The Morgan fingerprint density at radius 1 is 1.32 bits per heavy atom. The van der Waals surface area contributed by atoms with E-state index >= 15 is 0 Å². The van der Waals surface area contributed by atoms with Crippen LogP contribution in [0.25, 0.3) is 0 Å². The number of carbonyl (C=O) groups excluding carboxylic acids is 1. The minimum absolute atomic E-state index is 0.334. The molecule has 0 spiro atoms. The highest BCUT2D eigenvalue weighted by atomic mass is 19.1. The van der Waals surface area contributed by atoms with Crippen LogP contribution in [0.15, 0.2) is 36.7 Å². The molecule has 0 aliphatic heterocycles. The van der Waals surface area contributed by atoms with Crippen LogP contribution in [-0.4, -0.2) is 10.9 Å². The molecule has 0 bridgehead atoms. The van der Waals surface area contributed by atoms with Crippen molar-refractivity contribution in [1.82, 2.24) is 4.98 Å². The van der Waals surface area contributed by atoms with Crippen LogP contribution >= 0.6 is 0 Å². The number of aromatic nitrogens is 1. The van der Waals surface area contributed by atoms with E-state index in [-0.39, 0.29) is 11.7 Å². The lowest BCUT2D eigenvalue weighted by Crippen LogP contribution is -2.18. The van der Waals surface area contributed by atoms with Gasteiger partial charge in [0.25, 0.3) is 5.91 Å². The quantitative estimate of drug-likeness (QED) is 0.583. The van der Waals surface area contributed by atoms with Crippen LogP contribution in [0.5, 0.6) is 0 Å². The predicted octanol–water partition coefficient (Wildman–Crippen LogP) is 2.07. The molecular formula is C13H13FN4O. The molecule has 5 nitrogen and oxygen atoms in total. The number of anilines is 2. The zero-order valence-electron chi connectivity index (χ0n) is 10.3. The molecule has 2 aromatic rings. The SMILES string of the molecule is Cc1c(F)cccc1NC(=O)c1ccncc1NN. The monoisotopic (exact) mass is 260 g/mol. The van der Waals surface area contributed by atoms with Crippen molar-refractivity contribution in [2.24, 2.45) is 5.84 Å². The minimum atomic E-state index is -0.385. The summed E-state index contributed by atoms with van der Waals surface area (Å²) < 4.78 is 13.4. The Balaban J connectivity index is 2.28. The predicted molar refractivity (Wildman–Crippen MR) is 71.1 cm³/mol. The zero-order valence-corrected chi connectivity index (χ0v) is 10.3. The number of carbonyl (C=O) groups is 1. The van der Waals surface area contributed by atoms with Gasteiger partial charge >= 0.3 is 0 Å². The van der Waals surface area contributed by atoms with E-state index in [1.807, 2.05) is 0 Å². The first-order valence-electron chi connectivity index (χ1n) is 5.60. The summed E-state index contributed by atoms with van der Waals surface area (Å²) in [6, 6.07) is 6.03. The third-order valence-electron chi connectivity index (χ3n) is 2.74. The Hall–Kier alpha value is -2.47. The largest absolute Gasteiger partial charge is 0.322 e. The summed E-state index contributed by atoms with van der Waals surface area (Å²) in [5, 5.41) is 2.64. The van der Waals surface area contributed by atoms with Gasteiger partial charge < -0.3 is 10.7 Å². The molecule has 0 radical (unpaired) electrons. The summed E-state index contributed by atoms with van der Waals surface area (Å²) in [4.78, 5) is 16.0. The first-order valence-corrected chi connectivity index (χ1v) is 5.60. The number of pyridine rings is 1. The lowest BCUT2D eigenvalue weighted by molar-refractivity contribution is 0.102. The normalized spacial score (nSPS) is 10.1. The van der Waals surface area contributed by atoms with E-state index in [4.69, 9.17) is 5.84 Å². The van der Waals surface area contributed by atoms with Crippen molar-refractivity contribution in [1.29, 1.82) is 0 Å². The van der Waals surface area contributed by atoms with Crippen LogP contribution in [0.3, 0.4) is 0 Å². The Labute approximate surface area is 109 Å². The number of halogens is 1. The fourth-order valence-electron chi connectivity index (χ4n) is 1.64. The Kier molecular flexibility index (Phi) is 3.72. The zero-order chi connectivity index (χ0) is 13.8. The van der Waals surface area contributed by atoms with Crippen LogP contribution in [-0.2, 0) is 0 Å². The van der Waals surface area contributed by atoms with Gasteiger partial charge in [-0.3, -0.25) is 15.6 Å². The minimum Gasteiger partial charge on any atom is -0.322 e. The van der Waals surface area contributed by atoms with E-state index in [0.29, 0.717) is 22.5 Å². The molecule has 1 aromatic carbocycles. The molecule has 4 N–H and O–H groups in total. The standard InChI is InChI=1S/C13H13FN4O/c1-8-10(14)3-2-4-11(8)17-13(19)9-5-6-16-7-12(9)18-15/h2-7,18H,15H2,1H3,(H,17,19). The van der Waals surface area contributed by atoms with E-state index in [9.17, 15) is 9.18 Å². The van der Waals surface area contributed by atoms with Crippen LogP contribution in [0.4, 0.5) is 15.8 Å². The summed E-state index contributed by atoms with van der Waals surface area (Å²) in [7, 11) is 0. The number of hydrogen-bond acceptors (Lipinski definition) is 4. The van der Waals surface area contributed by atoms with Crippen LogP contribution in [0.1, 0.15) is 15.9 Å². The molecule has 2 rings (SSSR count). The molecular weight excluding hydrogens is 247 g/mol. The van der Waals surface area contributed by atoms with Gasteiger partial charge in [-0.05, 0) is 25.1 Å². The van der Waals surface area contributed by atoms with Gasteiger partial charge in [0.15, 0.2) is 0 Å². The van der Waals surface area contributed by atoms with Gasteiger partial charge in [0.2, 0.25) is 0 Å².